The zero-order valence-corrected chi connectivity index (χ0v) is 27.9. The molecule has 2 spiro atoms. The van der Waals surface area contributed by atoms with Crippen LogP contribution in [0.5, 0.6) is 0 Å². The number of ether oxygens (including phenoxy) is 1. The summed E-state index contributed by atoms with van der Waals surface area (Å²) >= 11 is 0. The normalized spacial score (nSPS) is 21.5. The summed E-state index contributed by atoms with van der Waals surface area (Å²) in [5.41, 5.74) is -2.44. The molecule has 18 nitrogen and oxygen atoms in total. The highest BCUT2D eigenvalue weighted by molar-refractivity contribution is 7.89. The standard InChI is InChI=1S/C15H26N4O6S.C10H18N4O4S/c1-14(2,3)25-13(22)18-8-5-15(6-9-18)11(20)19(12(21)17-15)10-7-16-26(4,23)24;1-19(17,18)12-6-7-14-8(15)10(13-9(14)16)2-4-11-5-3-10/h16H,5-10H2,1-4H3,(H,17,21);11-12H,2-7H2,1H3,(H,13,16). The zero-order chi connectivity index (χ0) is 33.8. The number of sulfonamides is 2. The van der Waals surface area contributed by atoms with E-state index >= 15 is 0 Å². The molecule has 0 aromatic carbocycles. The van der Waals surface area contributed by atoms with E-state index < -0.39 is 54.9 Å². The first-order chi connectivity index (χ1) is 20.7. The van der Waals surface area contributed by atoms with E-state index in [2.05, 4.69) is 25.4 Å². The van der Waals surface area contributed by atoms with Crippen LogP contribution in [0, 0.1) is 0 Å². The smallest absolute Gasteiger partial charge is 0.410 e. The highest BCUT2D eigenvalue weighted by atomic mass is 32.2. The minimum Gasteiger partial charge on any atom is -0.444 e. The monoisotopic (exact) mass is 680 g/mol. The number of piperidine rings is 2. The molecular formula is C25H44N8O10S2. The molecule has 0 bridgehead atoms. The molecule has 4 fully saturated rings. The third-order valence-electron chi connectivity index (χ3n) is 7.62. The van der Waals surface area contributed by atoms with E-state index in [1.54, 1.807) is 20.8 Å². The lowest BCUT2D eigenvalue weighted by atomic mass is 9.87. The van der Waals surface area contributed by atoms with Gasteiger partial charge < -0.3 is 25.6 Å². The van der Waals surface area contributed by atoms with Crippen molar-refractivity contribution >= 4 is 50.0 Å². The van der Waals surface area contributed by atoms with Gasteiger partial charge >= 0.3 is 18.2 Å². The van der Waals surface area contributed by atoms with Crippen LogP contribution in [0.1, 0.15) is 46.5 Å². The van der Waals surface area contributed by atoms with Crippen molar-refractivity contribution in [1.82, 2.24) is 40.1 Å². The predicted molar refractivity (Wildman–Crippen MR) is 161 cm³/mol. The van der Waals surface area contributed by atoms with Crippen LogP contribution in [-0.4, -0.2) is 143 Å². The van der Waals surface area contributed by atoms with E-state index in [4.69, 9.17) is 4.74 Å². The summed E-state index contributed by atoms with van der Waals surface area (Å²) in [5, 5.41) is 8.58. The molecule has 0 radical (unpaired) electrons. The zero-order valence-electron chi connectivity index (χ0n) is 26.2. The Balaban J connectivity index is 0.000000257. The topological polar surface area (TPSA) is 233 Å². The number of imide groups is 2. The van der Waals surface area contributed by atoms with Crippen LogP contribution in [0.25, 0.3) is 0 Å². The molecule has 4 heterocycles. The first-order valence-corrected chi connectivity index (χ1v) is 18.3. The van der Waals surface area contributed by atoms with Crippen molar-refractivity contribution in [1.29, 1.82) is 0 Å². The van der Waals surface area contributed by atoms with Crippen LogP contribution in [0.3, 0.4) is 0 Å². The Morgan fingerprint density at radius 1 is 0.778 bits per heavy atom. The Labute approximate surface area is 263 Å². The minimum atomic E-state index is -3.39. The number of hydrogen-bond donors (Lipinski definition) is 5. The Morgan fingerprint density at radius 2 is 1.18 bits per heavy atom. The number of likely N-dealkylation sites (tertiary alicyclic amines) is 1. The summed E-state index contributed by atoms with van der Waals surface area (Å²) < 4.78 is 53.9. The van der Waals surface area contributed by atoms with Crippen molar-refractivity contribution in [2.45, 2.75) is 63.1 Å². The molecule has 7 amide bonds. The van der Waals surface area contributed by atoms with Gasteiger partial charge in [-0.2, -0.15) is 0 Å². The van der Waals surface area contributed by atoms with Crippen LogP contribution < -0.4 is 25.4 Å². The average Bonchev–Trinajstić information content (AvgIpc) is 3.26. The van der Waals surface area contributed by atoms with Crippen molar-refractivity contribution in [3.05, 3.63) is 0 Å². The number of carbonyl (C=O) groups excluding carboxylic acids is 5. The summed E-state index contributed by atoms with van der Waals surface area (Å²) in [7, 11) is -6.71. The third kappa shape index (κ3) is 9.71. The highest BCUT2D eigenvalue weighted by Gasteiger charge is 2.53. The van der Waals surface area contributed by atoms with Crippen molar-refractivity contribution in [3.8, 4) is 0 Å². The number of nitrogens with one attached hydrogen (secondary N) is 5. The maximum absolute atomic E-state index is 12.7. The second kappa shape index (κ2) is 13.7. The predicted octanol–water partition coefficient (Wildman–Crippen LogP) is -1.93. The first kappa shape index (κ1) is 36.4. The van der Waals surface area contributed by atoms with Gasteiger partial charge in [-0.15, -0.1) is 0 Å². The molecule has 4 saturated heterocycles. The molecule has 0 aromatic heterocycles. The number of amides is 7. The SMILES string of the molecule is CC(C)(C)OC(=O)N1CCC2(CC1)NC(=O)N(CCNS(C)(=O)=O)C2=O.CS(=O)(=O)NCCN1C(=O)NC2(CCNCC2)C1=O. The van der Waals surface area contributed by atoms with Crippen LogP contribution in [-0.2, 0) is 34.4 Å². The van der Waals surface area contributed by atoms with E-state index in [0.29, 0.717) is 25.9 Å². The Kier molecular flexibility index (Phi) is 11.1. The van der Waals surface area contributed by atoms with E-state index in [9.17, 15) is 40.8 Å². The van der Waals surface area contributed by atoms with Gasteiger partial charge in [-0.05, 0) is 59.5 Å². The molecule has 4 aliphatic rings. The molecule has 256 valence electrons. The largest absolute Gasteiger partial charge is 0.444 e. The van der Waals surface area contributed by atoms with E-state index in [1.165, 1.54) is 4.90 Å². The summed E-state index contributed by atoms with van der Waals surface area (Å²) in [6.45, 7) is 7.26. The van der Waals surface area contributed by atoms with Gasteiger partial charge in [-0.1, -0.05) is 0 Å². The quantitative estimate of drug-likeness (QED) is 0.177. The Bertz CT molecular complexity index is 1380. The fourth-order valence-electron chi connectivity index (χ4n) is 5.37. The van der Waals surface area contributed by atoms with Gasteiger partial charge in [0.05, 0.1) is 12.5 Å². The van der Waals surface area contributed by atoms with Crippen molar-refractivity contribution < 1.29 is 45.5 Å². The average molecular weight is 681 g/mol. The summed E-state index contributed by atoms with van der Waals surface area (Å²) in [6, 6.07) is -0.988. The van der Waals surface area contributed by atoms with Crippen LogP contribution in [0.4, 0.5) is 14.4 Å². The van der Waals surface area contributed by atoms with E-state index in [1.807, 2.05) is 0 Å². The van der Waals surface area contributed by atoms with E-state index in [-0.39, 0.29) is 63.9 Å². The van der Waals surface area contributed by atoms with Crippen LogP contribution >= 0.6 is 0 Å². The number of urea groups is 2. The molecule has 4 rings (SSSR count). The van der Waals surface area contributed by atoms with Crippen molar-refractivity contribution in [2.24, 2.45) is 0 Å². The molecular weight excluding hydrogens is 636 g/mol. The van der Waals surface area contributed by atoms with Gasteiger partial charge in [0.1, 0.15) is 16.7 Å². The van der Waals surface area contributed by atoms with Gasteiger partial charge in [0.15, 0.2) is 0 Å². The van der Waals surface area contributed by atoms with Crippen LogP contribution in [0.15, 0.2) is 0 Å². The minimum absolute atomic E-state index is 0.0341. The van der Waals surface area contributed by atoms with Gasteiger partial charge in [0.25, 0.3) is 11.8 Å². The molecule has 4 aliphatic heterocycles. The van der Waals surface area contributed by atoms with Gasteiger partial charge in [-0.3, -0.25) is 19.4 Å². The second-order valence-electron chi connectivity index (χ2n) is 12.5. The molecule has 20 heteroatoms. The maximum Gasteiger partial charge on any atom is 0.410 e. The Hall–Kier alpha value is -3.07. The number of rotatable bonds is 8. The fraction of sp³-hybridized carbons (Fsp3) is 0.800. The molecule has 0 saturated carbocycles. The number of hydrogen-bond acceptors (Lipinski definition) is 11. The first-order valence-electron chi connectivity index (χ1n) is 14.5. The molecule has 0 atom stereocenters. The Morgan fingerprint density at radius 3 is 1.56 bits per heavy atom. The third-order valence-corrected chi connectivity index (χ3v) is 9.07. The van der Waals surface area contributed by atoms with Crippen molar-refractivity contribution in [3.63, 3.8) is 0 Å². The molecule has 0 unspecified atom stereocenters. The lowest BCUT2D eigenvalue weighted by molar-refractivity contribution is -0.133. The highest BCUT2D eigenvalue weighted by Crippen LogP contribution is 2.30. The maximum atomic E-state index is 12.7. The molecule has 0 aromatic rings. The fourth-order valence-corrected chi connectivity index (χ4v) is 6.30. The molecule has 0 aliphatic carbocycles. The van der Waals surface area contributed by atoms with Gasteiger partial charge in [-0.25, -0.2) is 40.7 Å². The van der Waals surface area contributed by atoms with E-state index in [0.717, 1.165) is 22.3 Å². The van der Waals surface area contributed by atoms with Crippen molar-refractivity contribution in [2.75, 3.05) is 64.9 Å². The summed E-state index contributed by atoms with van der Waals surface area (Å²) in [6.07, 6.45) is 3.29. The number of carbonyl (C=O) groups is 5. The second-order valence-corrected chi connectivity index (χ2v) is 16.2. The van der Waals surface area contributed by atoms with Gasteiger partial charge in [0, 0.05) is 39.3 Å². The lowest BCUT2D eigenvalue weighted by Crippen LogP contribution is -2.56. The molecule has 45 heavy (non-hydrogen) atoms. The van der Waals surface area contributed by atoms with Crippen LogP contribution in [0.2, 0.25) is 0 Å². The van der Waals surface area contributed by atoms with Gasteiger partial charge in [0.2, 0.25) is 20.0 Å². The molecule has 5 N–H and O–H groups in total. The summed E-state index contributed by atoms with van der Waals surface area (Å²) in [4.78, 5) is 64.6. The lowest BCUT2D eigenvalue weighted by Gasteiger charge is -2.37. The summed E-state index contributed by atoms with van der Waals surface area (Å²) in [5.74, 6) is -0.643. The number of nitrogens with zero attached hydrogens (tertiary/aromatic N) is 3.